The van der Waals surface area contributed by atoms with Gasteiger partial charge in [0.25, 0.3) is 0 Å². The van der Waals surface area contributed by atoms with Crippen LogP contribution in [0.5, 0.6) is 5.75 Å². The molecule has 13 atom stereocenters. The molecule has 0 saturated carbocycles. The molecule has 0 bridgehead atoms. The van der Waals surface area contributed by atoms with Gasteiger partial charge in [-0.3, -0.25) is 53.4 Å². The van der Waals surface area contributed by atoms with Crippen LogP contribution in [0.25, 0.3) is 0 Å². The first-order valence-corrected chi connectivity index (χ1v) is 24.7. The van der Waals surface area contributed by atoms with E-state index in [1.807, 2.05) is 5.32 Å². The highest BCUT2D eigenvalue weighted by Gasteiger charge is 2.40. The predicted molar refractivity (Wildman–Crippen MR) is 271 cm³/mol. The fraction of sp³-hybridized carbons (Fsp3) is 0.638. The number of rotatable bonds is 16. The molecule has 29 nitrogen and oxygen atoms in total. The first kappa shape index (κ1) is 64.9. The van der Waals surface area contributed by atoms with Gasteiger partial charge in [0, 0.05) is 6.54 Å². The Morgan fingerprint density at radius 2 is 1.22 bits per heavy atom. The van der Waals surface area contributed by atoms with Gasteiger partial charge >= 0.3 is 0 Å². The highest BCUT2D eigenvalue weighted by Crippen LogP contribution is 2.22. The number of hydrogen-bond acceptors (Lipinski definition) is 17. The van der Waals surface area contributed by atoms with Gasteiger partial charge in [0.1, 0.15) is 54.1 Å². The van der Waals surface area contributed by atoms with Crippen LogP contribution in [0.2, 0.25) is 0 Å². The molecule has 1 aromatic rings. The minimum Gasteiger partial charge on any atom is -0.497 e. The van der Waals surface area contributed by atoms with E-state index in [4.69, 9.17) is 27.3 Å². The second-order valence-electron chi connectivity index (χ2n) is 19.2. The molecular formula is C47H78N14O15. The number of hydrogen-bond donors (Lipinski definition) is 18. The number of methoxy groups -OCH3 is 1. The maximum absolute atomic E-state index is 14.3. The van der Waals surface area contributed by atoms with E-state index in [0.717, 1.165) is 6.92 Å². The monoisotopic (exact) mass is 1080 g/mol. The maximum atomic E-state index is 14.3. The average molecular weight is 1080 g/mol. The van der Waals surface area contributed by atoms with Gasteiger partial charge in [-0.1, -0.05) is 60.1 Å². The van der Waals surface area contributed by atoms with Crippen molar-refractivity contribution in [3.8, 4) is 5.75 Å². The van der Waals surface area contributed by atoms with E-state index in [0.29, 0.717) is 5.75 Å². The van der Waals surface area contributed by atoms with Crippen LogP contribution in [-0.2, 0) is 47.9 Å². The minimum atomic E-state index is -2.49. The van der Waals surface area contributed by atoms with E-state index in [1.165, 1.54) is 45.2 Å². The maximum Gasteiger partial charge on any atom is 0.248 e. The van der Waals surface area contributed by atoms with Gasteiger partial charge in [-0.2, -0.15) is 0 Å². The Kier molecular flexibility index (Phi) is 26.5. The van der Waals surface area contributed by atoms with Crippen molar-refractivity contribution >= 4 is 65.0 Å². The minimum absolute atomic E-state index is 0.0564. The Morgan fingerprint density at radius 1 is 0.697 bits per heavy atom. The highest BCUT2D eigenvalue weighted by molar-refractivity contribution is 5.99. The Hall–Kier alpha value is -7.21. The van der Waals surface area contributed by atoms with Crippen molar-refractivity contribution in [2.75, 3.05) is 26.8 Å². The van der Waals surface area contributed by atoms with Gasteiger partial charge in [-0.25, -0.2) is 0 Å². The largest absolute Gasteiger partial charge is 0.497 e. The molecule has 0 aliphatic carbocycles. The molecule has 1 saturated heterocycles. The third-order valence-electron chi connectivity index (χ3n) is 12.3. The SMILES string of the molecule is CC[C@H](C)[C@@H]1NC(=O)[C@@H](CCCNC(=N)N)NC(=O)[C@H](CC(C)C)NC(=O)[C@H]([C@H](O)C(C)C)NC(=O)[C@H](N)[C@H](c2ccc(OC)cc2)NC(=O)[C@H](CO)NC(=O)[C@H]([C@H](O)C(N)=O)NC(=O)CNC(=O)[C@H]([C@H](C)O)NC1=O. The van der Waals surface area contributed by atoms with Crippen LogP contribution in [0.15, 0.2) is 24.3 Å². The van der Waals surface area contributed by atoms with Crippen LogP contribution in [0.1, 0.15) is 85.8 Å². The van der Waals surface area contributed by atoms with Crippen molar-refractivity contribution in [2.24, 2.45) is 35.0 Å². The van der Waals surface area contributed by atoms with Crippen molar-refractivity contribution < 1.29 is 73.1 Å². The van der Waals surface area contributed by atoms with E-state index in [9.17, 15) is 68.4 Å². The van der Waals surface area contributed by atoms with Crippen molar-refractivity contribution in [2.45, 2.75) is 147 Å². The van der Waals surface area contributed by atoms with Crippen molar-refractivity contribution in [3.63, 3.8) is 0 Å². The molecule has 2 rings (SSSR count). The zero-order valence-electron chi connectivity index (χ0n) is 43.9. The Labute approximate surface area is 439 Å². The second-order valence-corrected chi connectivity index (χ2v) is 19.2. The number of guanidine groups is 1. The van der Waals surface area contributed by atoms with Gasteiger partial charge in [0.05, 0.1) is 38.5 Å². The van der Waals surface area contributed by atoms with Crippen LogP contribution in [-0.4, -0.2) is 179 Å². The number of aliphatic hydroxyl groups excluding tert-OH is 4. The Bertz CT molecular complexity index is 2200. The standard InChI is InChI=1S/C47H78N14O15/c1-9-22(6)31-44(73)59-32(23(7)63)43(72)53-18-29(64)57-35(37(66)38(49)67)46(75)56-28(19-62)41(70)60-33(24-12-14-25(76-8)15-13-24)30(48)42(71)61-34(36(65)21(4)5)45(74)55-27(17-20(2)3)40(69)54-26(39(68)58-31)11-10-16-52-47(50)51/h12-15,20-23,26-28,30-37,62-63,65-66H,9-11,16-19,48H2,1-8H3,(H2,49,67)(H,53,72)(H,54,69)(H,55,74)(H,56,75)(H,57,64)(H,58,68)(H,59,73)(H,60,70)(H,61,71)(H4,50,51,52)/t22-,23-,26+,27-,28-,30+,31-,32-,33-,34-,35-,36+,37-/m0/s1. The number of carbonyl (C=O) groups excluding carboxylic acids is 10. The lowest BCUT2D eigenvalue weighted by atomic mass is 9.95. The highest BCUT2D eigenvalue weighted by atomic mass is 16.5. The molecule has 1 aliphatic rings. The van der Waals surface area contributed by atoms with E-state index < -0.39 is 157 Å². The number of ether oxygens (including phenoxy) is 1. The summed E-state index contributed by atoms with van der Waals surface area (Å²) in [7, 11) is 1.37. The molecule has 1 aromatic carbocycles. The van der Waals surface area contributed by atoms with Gasteiger partial charge in [0.15, 0.2) is 12.1 Å². The van der Waals surface area contributed by atoms with Crippen LogP contribution in [0, 0.1) is 23.2 Å². The molecular weight excluding hydrogens is 1000 g/mol. The fourth-order valence-electron chi connectivity index (χ4n) is 7.59. The molecule has 29 heteroatoms. The van der Waals surface area contributed by atoms with Crippen LogP contribution in [0.4, 0.5) is 0 Å². The number of aliphatic hydroxyl groups is 4. The average Bonchev–Trinajstić information content (AvgIpc) is 3.36. The lowest BCUT2D eigenvalue weighted by Crippen LogP contribution is -2.64. The molecule has 0 radical (unpaired) electrons. The predicted octanol–water partition coefficient (Wildman–Crippen LogP) is -6.71. The van der Waals surface area contributed by atoms with Crippen molar-refractivity contribution in [3.05, 3.63) is 29.8 Å². The van der Waals surface area contributed by atoms with E-state index in [2.05, 4.69) is 47.9 Å². The fourth-order valence-corrected chi connectivity index (χ4v) is 7.59. The molecule has 76 heavy (non-hydrogen) atoms. The summed E-state index contributed by atoms with van der Waals surface area (Å²) in [5, 5.41) is 74.4. The first-order valence-electron chi connectivity index (χ1n) is 24.7. The summed E-state index contributed by atoms with van der Waals surface area (Å²) < 4.78 is 5.23. The molecule has 21 N–H and O–H groups in total. The molecule has 1 heterocycles. The zero-order valence-corrected chi connectivity index (χ0v) is 43.9. The molecule has 0 aromatic heterocycles. The Balaban J connectivity index is 2.88. The van der Waals surface area contributed by atoms with Crippen molar-refractivity contribution in [1.82, 2.24) is 53.2 Å². The Morgan fingerprint density at radius 3 is 1.75 bits per heavy atom. The number of nitrogens with two attached hydrogens (primary N) is 3. The van der Waals surface area contributed by atoms with E-state index in [1.54, 1.807) is 27.7 Å². The molecule has 0 unspecified atom stereocenters. The second kappa shape index (κ2) is 31.0. The van der Waals surface area contributed by atoms with Crippen LogP contribution < -0.4 is 75.1 Å². The van der Waals surface area contributed by atoms with Crippen molar-refractivity contribution in [1.29, 1.82) is 5.41 Å². The molecule has 426 valence electrons. The van der Waals surface area contributed by atoms with E-state index >= 15 is 0 Å². The van der Waals surface area contributed by atoms with Gasteiger partial charge < -0.3 is 95.5 Å². The zero-order chi connectivity index (χ0) is 57.7. The summed E-state index contributed by atoms with van der Waals surface area (Å²) in [4.78, 5) is 138. The number of carbonyl (C=O) groups is 10. The number of amides is 10. The summed E-state index contributed by atoms with van der Waals surface area (Å²) in [6.07, 6.45) is -5.62. The lowest BCUT2D eigenvalue weighted by molar-refractivity contribution is -0.140. The lowest BCUT2D eigenvalue weighted by Gasteiger charge is -2.32. The number of benzene rings is 1. The normalized spacial score (nSPS) is 26.2. The smallest absolute Gasteiger partial charge is 0.248 e. The third-order valence-corrected chi connectivity index (χ3v) is 12.3. The summed E-state index contributed by atoms with van der Waals surface area (Å²) in [5.74, 6) is -13.5. The third kappa shape index (κ3) is 19.8. The molecule has 0 spiro atoms. The summed E-state index contributed by atoms with van der Waals surface area (Å²) in [6, 6.07) is -9.99. The number of primary amides is 1. The topological polar surface area (TPSA) is 483 Å². The number of nitrogens with one attached hydrogen (secondary N) is 11. The van der Waals surface area contributed by atoms with E-state index in [-0.39, 0.29) is 49.7 Å². The van der Waals surface area contributed by atoms with Crippen LogP contribution >= 0.6 is 0 Å². The van der Waals surface area contributed by atoms with Crippen LogP contribution in [0.3, 0.4) is 0 Å². The van der Waals surface area contributed by atoms with Gasteiger partial charge in [0.2, 0.25) is 59.1 Å². The first-order chi connectivity index (χ1) is 35.6. The summed E-state index contributed by atoms with van der Waals surface area (Å²) >= 11 is 0. The molecule has 1 fully saturated rings. The molecule has 1 aliphatic heterocycles. The summed E-state index contributed by atoms with van der Waals surface area (Å²) in [5.41, 5.74) is 17.4. The summed E-state index contributed by atoms with van der Waals surface area (Å²) in [6.45, 7) is 8.75. The van der Waals surface area contributed by atoms with Gasteiger partial charge in [-0.15, -0.1) is 0 Å². The quantitative estimate of drug-likeness (QED) is 0.0416. The molecule has 10 amide bonds. The van der Waals surface area contributed by atoms with Gasteiger partial charge in [-0.05, 0) is 61.6 Å².